The van der Waals surface area contributed by atoms with Crippen molar-refractivity contribution < 1.29 is 26.4 Å². The molecule has 0 spiro atoms. The van der Waals surface area contributed by atoms with Gasteiger partial charge in [-0.05, 0) is 31.0 Å². The number of amides is 1. The summed E-state index contributed by atoms with van der Waals surface area (Å²) in [7, 11) is -1.56. The van der Waals surface area contributed by atoms with E-state index in [-0.39, 0.29) is 18.0 Å². The Labute approximate surface area is 143 Å². The van der Waals surface area contributed by atoms with Crippen molar-refractivity contribution in [3.63, 3.8) is 0 Å². The number of alkyl halides is 3. The minimum atomic E-state index is -4.88. The smallest absolute Gasteiger partial charge is 0.347 e. The second-order valence-electron chi connectivity index (χ2n) is 5.64. The Kier molecular flexibility index (Phi) is 5.17. The van der Waals surface area contributed by atoms with E-state index in [1.807, 2.05) is 0 Å². The average molecular weight is 385 g/mol. The summed E-state index contributed by atoms with van der Waals surface area (Å²) in [4.78, 5) is 12.5. The molecule has 1 saturated heterocycles. The predicted molar refractivity (Wildman–Crippen MR) is 82.1 cm³/mol. The number of benzene rings is 1. The van der Waals surface area contributed by atoms with Gasteiger partial charge in [-0.2, -0.15) is 17.5 Å². The second-order valence-corrected chi connectivity index (χ2v) is 7.94. The van der Waals surface area contributed by atoms with Crippen LogP contribution in [0.4, 0.5) is 13.2 Å². The SMILES string of the molecule is CN(C)C(=O)[C@@H]1CCCN1S(=O)(=O)c1ccc(Cl)cc1C(F)(F)F. The second kappa shape index (κ2) is 6.53. The molecular formula is C14H16ClF3N2O3S. The maximum atomic E-state index is 13.2. The standard InChI is InChI=1S/C14H16ClF3N2O3S/c1-19(2)13(21)11-4-3-7-20(11)24(22,23)12-6-5-9(15)8-10(12)14(16,17)18/h5-6,8,11H,3-4,7H2,1-2H3/t11-/m0/s1. The molecule has 0 aromatic heterocycles. The Morgan fingerprint density at radius 3 is 2.50 bits per heavy atom. The molecule has 1 heterocycles. The lowest BCUT2D eigenvalue weighted by Crippen LogP contribution is -2.45. The first kappa shape index (κ1) is 19.0. The number of halogens is 4. The third-order valence-corrected chi connectivity index (χ3v) is 5.96. The molecule has 0 aliphatic carbocycles. The molecule has 1 fully saturated rings. The van der Waals surface area contributed by atoms with Crippen LogP contribution in [0.15, 0.2) is 23.1 Å². The minimum Gasteiger partial charge on any atom is -0.347 e. The van der Waals surface area contributed by atoms with Crippen LogP contribution in [-0.4, -0.2) is 50.2 Å². The molecular weight excluding hydrogens is 369 g/mol. The normalized spacial score (nSPS) is 19.5. The van der Waals surface area contributed by atoms with Crippen molar-refractivity contribution in [2.75, 3.05) is 20.6 Å². The highest BCUT2D eigenvalue weighted by molar-refractivity contribution is 7.89. The molecule has 10 heteroatoms. The zero-order valence-corrected chi connectivity index (χ0v) is 14.5. The van der Waals surface area contributed by atoms with Crippen LogP contribution in [0.3, 0.4) is 0 Å². The third-order valence-electron chi connectivity index (χ3n) is 3.76. The lowest BCUT2D eigenvalue weighted by Gasteiger charge is -2.26. The number of sulfonamides is 1. The lowest BCUT2D eigenvalue weighted by molar-refractivity contribution is -0.139. The van der Waals surface area contributed by atoms with Crippen molar-refractivity contribution in [2.45, 2.75) is 30.0 Å². The molecule has 0 radical (unpaired) electrons. The van der Waals surface area contributed by atoms with E-state index >= 15 is 0 Å². The Balaban J connectivity index is 2.54. The quantitative estimate of drug-likeness (QED) is 0.805. The minimum absolute atomic E-state index is 0.00744. The Morgan fingerprint density at radius 2 is 1.96 bits per heavy atom. The lowest BCUT2D eigenvalue weighted by atomic mass is 10.2. The largest absolute Gasteiger partial charge is 0.417 e. The van der Waals surface area contributed by atoms with Gasteiger partial charge in [0.15, 0.2) is 0 Å². The van der Waals surface area contributed by atoms with Crippen LogP contribution < -0.4 is 0 Å². The van der Waals surface area contributed by atoms with Gasteiger partial charge in [0, 0.05) is 25.7 Å². The third kappa shape index (κ3) is 3.52. The summed E-state index contributed by atoms with van der Waals surface area (Å²) >= 11 is 5.58. The monoisotopic (exact) mass is 384 g/mol. The van der Waals surface area contributed by atoms with E-state index in [1.165, 1.54) is 19.0 Å². The highest BCUT2D eigenvalue weighted by atomic mass is 35.5. The van der Waals surface area contributed by atoms with E-state index < -0.39 is 38.6 Å². The highest BCUT2D eigenvalue weighted by Gasteiger charge is 2.44. The highest BCUT2D eigenvalue weighted by Crippen LogP contribution is 2.38. The van der Waals surface area contributed by atoms with Crippen molar-refractivity contribution in [3.8, 4) is 0 Å². The summed E-state index contributed by atoms with van der Waals surface area (Å²) < 4.78 is 66.0. The summed E-state index contributed by atoms with van der Waals surface area (Å²) in [6.45, 7) is -0.00744. The number of likely N-dealkylation sites (N-methyl/N-ethyl adjacent to an activating group) is 1. The van der Waals surface area contributed by atoms with Crippen LogP contribution in [0.2, 0.25) is 5.02 Å². The average Bonchev–Trinajstić information content (AvgIpc) is 2.95. The predicted octanol–water partition coefficient (Wildman–Crippen LogP) is 2.60. The fourth-order valence-corrected chi connectivity index (χ4v) is 4.67. The van der Waals surface area contributed by atoms with Gasteiger partial charge in [-0.15, -0.1) is 0 Å². The van der Waals surface area contributed by atoms with Crippen LogP contribution in [0.5, 0.6) is 0 Å². The van der Waals surface area contributed by atoms with Gasteiger partial charge >= 0.3 is 6.18 Å². The molecule has 24 heavy (non-hydrogen) atoms. The molecule has 0 saturated carbocycles. The van der Waals surface area contributed by atoms with Crippen LogP contribution in [0.1, 0.15) is 18.4 Å². The van der Waals surface area contributed by atoms with Crippen LogP contribution in [-0.2, 0) is 21.0 Å². The zero-order valence-electron chi connectivity index (χ0n) is 13.0. The molecule has 1 aliphatic heterocycles. The first-order valence-electron chi connectivity index (χ1n) is 7.06. The molecule has 1 aromatic carbocycles. The topological polar surface area (TPSA) is 57.7 Å². The number of hydrogen-bond acceptors (Lipinski definition) is 3. The van der Waals surface area contributed by atoms with E-state index in [0.29, 0.717) is 12.5 Å². The van der Waals surface area contributed by atoms with Gasteiger partial charge in [-0.3, -0.25) is 4.79 Å². The molecule has 1 aliphatic rings. The first-order valence-corrected chi connectivity index (χ1v) is 8.88. The summed E-state index contributed by atoms with van der Waals surface area (Å²) in [5, 5.41) is -0.219. The summed E-state index contributed by atoms with van der Waals surface area (Å²) in [6, 6.07) is 1.49. The van der Waals surface area contributed by atoms with Crippen molar-refractivity contribution in [3.05, 3.63) is 28.8 Å². The molecule has 1 atom stereocenters. The van der Waals surface area contributed by atoms with Gasteiger partial charge in [0.05, 0.1) is 10.5 Å². The Hall–Kier alpha value is -1.32. The van der Waals surface area contributed by atoms with Gasteiger partial charge < -0.3 is 4.90 Å². The number of nitrogens with zero attached hydrogens (tertiary/aromatic N) is 2. The maximum Gasteiger partial charge on any atom is 0.417 e. The molecule has 0 N–H and O–H groups in total. The van der Waals surface area contributed by atoms with Crippen LogP contribution in [0, 0.1) is 0 Å². The van der Waals surface area contributed by atoms with Crippen molar-refractivity contribution in [1.29, 1.82) is 0 Å². The Morgan fingerprint density at radius 1 is 1.33 bits per heavy atom. The van der Waals surface area contributed by atoms with Crippen molar-refractivity contribution in [1.82, 2.24) is 9.21 Å². The van der Waals surface area contributed by atoms with Crippen LogP contribution >= 0.6 is 11.6 Å². The van der Waals surface area contributed by atoms with Gasteiger partial charge in [-0.25, -0.2) is 8.42 Å². The molecule has 1 aromatic rings. The van der Waals surface area contributed by atoms with Crippen molar-refractivity contribution >= 4 is 27.5 Å². The summed E-state index contributed by atoms with van der Waals surface area (Å²) in [6.07, 6.45) is -4.21. The Bertz CT molecular complexity index is 750. The number of carbonyl (C=O) groups is 1. The van der Waals surface area contributed by atoms with E-state index in [1.54, 1.807) is 0 Å². The molecule has 0 bridgehead atoms. The molecule has 1 amide bonds. The van der Waals surface area contributed by atoms with E-state index in [2.05, 4.69) is 0 Å². The van der Waals surface area contributed by atoms with Gasteiger partial charge in [0.1, 0.15) is 6.04 Å². The van der Waals surface area contributed by atoms with Gasteiger partial charge in [-0.1, -0.05) is 11.6 Å². The summed E-state index contributed by atoms with van der Waals surface area (Å²) in [5.74, 6) is -0.460. The van der Waals surface area contributed by atoms with Gasteiger partial charge in [0.25, 0.3) is 0 Å². The van der Waals surface area contributed by atoms with Crippen LogP contribution in [0.25, 0.3) is 0 Å². The van der Waals surface area contributed by atoms with E-state index in [0.717, 1.165) is 16.4 Å². The van der Waals surface area contributed by atoms with Gasteiger partial charge in [0.2, 0.25) is 15.9 Å². The number of carbonyl (C=O) groups excluding carboxylic acids is 1. The number of hydrogen-bond donors (Lipinski definition) is 0. The van der Waals surface area contributed by atoms with E-state index in [4.69, 9.17) is 11.6 Å². The maximum absolute atomic E-state index is 13.2. The van der Waals surface area contributed by atoms with Crippen molar-refractivity contribution in [2.24, 2.45) is 0 Å². The fourth-order valence-electron chi connectivity index (χ4n) is 2.65. The molecule has 2 rings (SSSR count). The van der Waals surface area contributed by atoms with E-state index in [9.17, 15) is 26.4 Å². The number of rotatable bonds is 3. The fraction of sp³-hybridized carbons (Fsp3) is 0.500. The first-order chi connectivity index (χ1) is 11.0. The molecule has 0 unspecified atom stereocenters. The molecule has 5 nitrogen and oxygen atoms in total. The zero-order chi connectivity index (χ0) is 18.3. The molecule has 134 valence electrons. The summed E-state index contributed by atoms with van der Waals surface area (Å²) in [5.41, 5.74) is -1.34.